The Bertz CT molecular complexity index is 857. The Morgan fingerprint density at radius 3 is 2.58 bits per heavy atom. The molecule has 0 aliphatic carbocycles. The number of likely N-dealkylation sites (tertiary alicyclic amines) is 1. The quantitative estimate of drug-likeness (QED) is 0.406. The predicted molar refractivity (Wildman–Crippen MR) is 136 cm³/mol. The molecule has 0 saturated carbocycles. The van der Waals surface area contributed by atoms with Crippen LogP contribution in [0.1, 0.15) is 65.6 Å². The smallest absolute Gasteiger partial charge is 0.293 e. The fourth-order valence-corrected chi connectivity index (χ4v) is 4.22. The lowest BCUT2D eigenvalue weighted by Gasteiger charge is -2.26. The summed E-state index contributed by atoms with van der Waals surface area (Å²) in [6.45, 7) is 11.8. The van der Waals surface area contributed by atoms with E-state index in [0.717, 1.165) is 28.9 Å². The van der Waals surface area contributed by atoms with E-state index in [4.69, 9.17) is 5.14 Å². The number of hydrogen-bond acceptors (Lipinski definition) is 8. The highest BCUT2D eigenvalue weighted by atomic mass is 32.2. The maximum absolute atomic E-state index is 9.60. The first-order valence-electron chi connectivity index (χ1n) is 11.4. The third kappa shape index (κ3) is 9.31. The van der Waals surface area contributed by atoms with Gasteiger partial charge in [-0.15, -0.1) is 0 Å². The van der Waals surface area contributed by atoms with Crippen LogP contribution in [0.4, 0.5) is 5.82 Å². The number of nitrogens with zero attached hydrogens (tertiary/aromatic N) is 3. The molecule has 1 aliphatic heterocycles. The fraction of sp³-hybridized carbons (Fsp3) is 0.560. The minimum Gasteiger partial charge on any atom is -0.462 e. The lowest BCUT2D eigenvalue weighted by molar-refractivity contribution is -0.138. The molecule has 2 atom stereocenters. The number of ether oxygens (including phenoxy) is 1. The Hall–Kier alpha value is -2.16. The molecule has 33 heavy (non-hydrogen) atoms. The molecule has 1 saturated heterocycles. The van der Waals surface area contributed by atoms with E-state index < -0.39 is 0 Å². The molecule has 2 aromatic rings. The van der Waals surface area contributed by atoms with E-state index in [0.29, 0.717) is 12.0 Å². The van der Waals surface area contributed by atoms with Gasteiger partial charge in [-0.25, -0.2) is 4.98 Å². The summed E-state index contributed by atoms with van der Waals surface area (Å²) >= 11 is 1.17. The highest BCUT2D eigenvalue weighted by Crippen LogP contribution is 2.35. The lowest BCUT2D eigenvalue weighted by Crippen LogP contribution is -2.34. The number of rotatable bonds is 8. The molecule has 0 radical (unpaired) electrons. The van der Waals surface area contributed by atoms with E-state index in [-0.39, 0.29) is 11.6 Å². The number of pyridine rings is 2. The average Bonchev–Trinajstić information content (AvgIpc) is 3.03. The van der Waals surface area contributed by atoms with Crippen molar-refractivity contribution < 1.29 is 9.53 Å². The third-order valence-corrected chi connectivity index (χ3v) is 6.30. The van der Waals surface area contributed by atoms with Gasteiger partial charge >= 0.3 is 0 Å². The van der Waals surface area contributed by atoms with Crippen LogP contribution >= 0.6 is 11.9 Å². The van der Waals surface area contributed by atoms with E-state index in [1.54, 1.807) is 0 Å². The van der Waals surface area contributed by atoms with Gasteiger partial charge in [0.05, 0.1) is 11.7 Å². The van der Waals surface area contributed by atoms with Crippen molar-refractivity contribution in [1.29, 1.82) is 0 Å². The van der Waals surface area contributed by atoms with E-state index in [2.05, 4.69) is 51.9 Å². The lowest BCUT2D eigenvalue weighted by atomic mass is 9.91. The molecule has 3 heterocycles. The first-order valence-corrected chi connectivity index (χ1v) is 12.3. The molecule has 7 nitrogen and oxygen atoms in total. The summed E-state index contributed by atoms with van der Waals surface area (Å²) in [5.74, 6) is 1.57. The molecule has 1 fully saturated rings. The summed E-state index contributed by atoms with van der Waals surface area (Å²) in [6, 6.07) is 12.1. The summed E-state index contributed by atoms with van der Waals surface area (Å²) in [7, 11) is 2.23. The van der Waals surface area contributed by atoms with Crippen LogP contribution in [0.3, 0.4) is 0 Å². The highest BCUT2D eigenvalue weighted by Gasteiger charge is 2.35. The maximum Gasteiger partial charge on any atom is 0.293 e. The minimum atomic E-state index is -0.318. The standard InChI is InChI=1S/C20H29N5S.C5H10O2/c1-20(2)13-15(14-25(20)3)10-11-17(16-7-4-5-12-22-16)23-18-8-6-9-19(24-18)26-21;1-5(2,3)7-4-6/h4-9,12,15,17H,10-11,13-14,21H2,1-3H3,(H,23,24);4H,1-3H3. The van der Waals surface area contributed by atoms with Crippen LogP contribution < -0.4 is 10.5 Å². The van der Waals surface area contributed by atoms with Gasteiger partial charge in [0.25, 0.3) is 6.47 Å². The molecule has 8 heteroatoms. The molecule has 0 aromatic carbocycles. The van der Waals surface area contributed by atoms with Crippen molar-refractivity contribution in [2.75, 3.05) is 18.9 Å². The average molecular weight is 474 g/mol. The molecule has 0 spiro atoms. The summed E-state index contributed by atoms with van der Waals surface area (Å²) in [5.41, 5.74) is 1.04. The Kier molecular flexibility index (Phi) is 10.1. The maximum atomic E-state index is 9.60. The Balaban J connectivity index is 0.000000479. The van der Waals surface area contributed by atoms with Crippen molar-refractivity contribution in [3.63, 3.8) is 0 Å². The van der Waals surface area contributed by atoms with Gasteiger partial charge in [-0.1, -0.05) is 12.1 Å². The summed E-state index contributed by atoms with van der Waals surface area (Å²) in [4.78, 5) is 21.2. The monoisotopic (exact) mass is 473 g/mol. The molecule has 2 aromatic heterocycles. The van der Waals surface area contributed by atoms with Gasteiger partial charge in [0.15, 0.2) is 0 Å². The Labute approximate surface area is 203 Å². The van der Waals surface area contributed by atoms with Gasteiger partial charge in [0.2, 0.25) is 0 Å². The van der Waals surface area contributed by atoms with Gasteiger partial charge in [0.1, 0.15) is 16.4 Å². The molecule has 1 aliphatic rings. The number of carbonyl (C=O) groups excluding carboxylic acids is 1. The van der Waals surface area contributed by atoms with Crippen molar-refractivity contribution in [2.24, 2.45) is 11.1 Å². The number of carbonyl (C=O) groups is 1. The normalized spacial score (nSPS) is 18.7. The topological polar surface area (TPSA) is 93.4 Å². The second-order valence-electron chi connectivity index (χ2n) is 10.1. The SMILES string of the molecule is CC(C)(C)OC=O.CN1CC(CCC(Nc2cccc(SN)n2)c2ccccn2)CC1(C)C. The van der Waals surface area contributed by atoms with Crippen molar-refractivity contribution >= 4 is 24.2 Å². The molecule has 0 amide bonds. The predicted octanol–water partition coefficient (Wildman–Crippen LogP) is 5.06. The Morgan fingerprint density at radius 1 is 1.30 bits per heavy atom. The van der Waals surface area contributed by atoms with Crippen LogP contribution in [-0.4, -0.2) is 46.1 Å². The van der Waals surface area contributed by atoms with Crippen LogP contribution in [0.25, 0.3) is 0 Å². The van der Waals surface area contributed by atoms with Crippen molar-refractivity contribution in [3.8, 4) is 0 Å². The van der Waals surface area contributed by atoms with Gasteiger partial charge in [-0.2, -0.15) is 0 Å². The molecule has 3 rings (SSSR count). The van der Waals surface area contributed by atoms with E-state index in [1.165, 1.54) is 31.3 Å². The first-order chi connectivity index (χ1) is 15.5. The zero-order valence-electron chi connectivity index (χ0n) is 20.7. The molecular weight excluding hydrogens is 434 g/mol. The van der Waals surface area contributed by atoms with Crippen molar-refractivity contribution in [2.45, 2.75) is 76.1 Å². The van der Waals surface area contributed by atoms with Crippen LogP contribution in [0, 0.1) is 5.92 Å². The fourth-order valence-electron chi connectivity index (χ4n) is 3.92. The van der Waals surface area contributed by atoms with E-state index in [1.807, 2.05) is 57.3 Å². The molecular formula is C25H39N5O2S. The number of nitrogens with two attached hydrogens (primary N) is 1. The highest BCUT2D eigenvalue weighted by molar-refractivity contribution is 7.97. The zero-order chi connectivity index (χ0) is 24.5. The summed E-state index contributed by atoms with van der Waals surface area (Å²) in [6.07, 6.45) is 5.31. The van der Waals surface area contributed by atoms with E-state index in [9.17, 15) is 4.79 Å². The van der Waals surface area contributed by atoms with Gasteiger partial charge in [-0.05, 0) is 103 Å². The van der Waals surface area contributed by atoms with Gasteiger partial charge in [0, 0.05) is 18.3 Å². The minimum absolute atomic E-state index is 0.149. The zero-order valence-corrected chi connectivity index (χ0v) is 21.6. The van der Waals surface area contributed by atoms with Crippen LogP contribution in [0.15, 0.2) is 47.6 Å². The van der Waals surface area contributed by atoms with Gasteiger partial charge in [-0.3, -0.25) is 14.9 Å². The van der Waals surface area contributed by atoms with E-state index >= 15 is 0 Å². The third-order valence-electron chi connectivity index (χ3n) is 5.83. The van der Waals surface area contributed by atoms with Crippen molar-refractivity contribution in [1.82, 2.24) is 14.9 Å². The van der Waals surface area contributed by atoms with Crippen LogP contribution in [0.5, 0.6) is 0 Å². The Morgan fingerprint density at radius 2 is 2.06 bits per heavy atom. The summed E-state index contributed by atoms with van der Waals surface area (Å²) in [5, 5.41) is 10.0. The van der Waals surface area contributed by atoms with Crippen molar-refractivity contribution in [3.05, 3.63) is 48.3 Å². The van der Waals surface area contributed by atoms with Gasteiger partial charge < -0.3 is 15.0 Å². The number of nitrogens with one attached hydrogen (secondary N) is 1. The number of aromatic nitrogens is 2. The number of hydrogen-bond donors (Lipinski definition) is 2. The molecule has 3 N–H and O–H groups in total. The first kappa shape index (κ1) is 27.1. The molecule has 2 unspecified atom stereocenters. The largest absolute Gasteiger partial charge is 0.462 e. The van der Waals surface area contributed by atoms with Crippen LogP contribution in [-0.2, 0) is 9.53 Å². The second-order valence-corrected chi connectivity index (χ2v) is 10.8. The summed E-state index contributed by atoms with van der Waals surface area (Å²) < 4.78 is 4.55. The number of anilines is 1. The molecule has 182 valence electrons. The van der Waals surface area contributed by atoms with Crippen LogP contribution in [0.2, 0.25) is 0 Å². The molecule has 0 bridgehead atoms. The second kappa shape index (κ2) is 12.3.